The summed E-state index contributed by atoms with van der Waals surface area (Å²) in [6.07, 6.45) is 3.84. The summed E-state index contributed by atoms with van der Waals surface area (Å²) in [6, 6.07) is 15.0. The summed E-state index contributed by atoms with van der Waals surface area (Å²) >= 11 is 1.67. The van der Waals surface area contributed by atoms with Gasteiger partial charge in [-0.2, -0.15) is 11.8 Å². The lowest BCUT2D eigenvalue weighted by molar-refractivity contribution is 0.625. The zero-order chi connectivity index (χ0) is 19.8. The van der Waals surface area contributed by atoms with Crippen LogP contribution in [-0.4, -0.2) is 29.2 Å². The van der Waals surface area contributed by atoms with E-state index in [1.165, 1.54) is 6.07 Å². The fourth-order valence-electron chi connectivity index (χ4n) is 2.84. The summed E-state index contributed by atoms with van der Waals surface area (Å²) in [4.78, 5) is 12.0. The van der Waals surface area contributed by atoms with Crippen molar-refractivity contribution in [3.8, 4) is 11.3 Å². The highest BCUT2D eigenvalue weighted by molar-refractivity contribution is 14.0. The van der Waals surface area contributed by atoms with E-state index in [-0.39, 0.29) is 29.8 Å². The molecule has 0 fully saturated rings. The molecule has 0 aliphatic carbocycles. The molecular weight excluding hydrogens is 500 g/mol. The Hall–Kier alpha value is -2.07. The second-order valence-corrected chi connectivity index (χ2v) is 7.10. The SMILES string of the molecule is CN=C(NCc1ncc(-c2ccccc2)[nH]1)NCc1ccc(F)cc1CSC.I. The summed E-state index contributed by atoms with van der Waals surface area (Å²) in [5.74, 6) is 2.06. The van der Waals surface area contributed by atoms with Crippen LogP contribution in [0.1, 0.15) is 17.0 Å². The third-order valence-electron chi connectivity index (χ3n) is 4.27. The highest BCUT2D eigenvalue weighted by Crippen LogP contribution is 2.17. The molecule has 3 aromatic rings. The summed E-state index contributed by atoms with van der Waals surface area (Å²) in [6.45, 7) is 1.09. The minimum atomic E-state index is -0.206. The zero-order valence-corrected chi connectivity index (χ0v) is 19.6. The van der Waals surface area contributed by atoms with Gasteiger partial charge < -0.3 is 15.6 Å². The number of aromatic nitrogens is 2. The van der Waals surface area contributed by atoms with Crippen LogP contribution in [0.4, 0.5) is 4.39 Å². The molecule has 8 heteroatoms. The molecule has 29 heavy (non-hydrogen) atoms. The van der Waals surface area contributed by atoms with Gasteiger partial charge in [0.2, 0.25) is 0 Å². The number of nitrogens with zero attached hydrogens (tertiary/aromatic N) is 2. The quantitative estimate of drug-likeness (QED) is 0.241. The van der Waals surface area contributed by atoms with Crippen molar-refractivity contribution in [3.63, 3.8) is 0 Å². The highest BCUT2D eigenvalue weighted by Gasteiger charge is 2.07. The number of hydrogen-bond acceptors (Lipinski definition) is 3. The van der Waals surface area contributed by atoms with Gasteiger partial charge in [0.1, 0.15) is 11.6 Å². The van der Waals surface area contributed by atoms with Crippen molar-refractivity contribution in [1.82, 2.24) is 20.6 Å². The van der Waals surface area contributed by atoms with E-state index in [2.05, 4.69) is 25.6 Å². The van der Waals surface area contributed by atoms with E-state index in [0.29, 0.717) is 19.0 Å². The van der Waals surface area contributed by atoms with Crippen molar-refractivity contribution in [3.05, 3.63) is 77.5 Å². The number of hydrogen-bond donors (Lipinski definition) is 3. The molecule has 0 unspecified atom stereocenters. The maximum atomic E-state index is 13.5. The molecule has 1 aromatic heterocycles. The molecule has 0 spiro atoms. The van der Waals surface area contributed by atoms with Crippen LogP contribution < -0.4 is 10.6 Å². The van der Waals surface area contributed by atoms with Crippen molar-refractivity contribution >= 4 is 41.7 Å². The van der Waals surface area contributed by atoms with Crippen LogP contribution in [0.15, 0.2) is 59.7 Å². The molecule has 0 aliphatic rings. The van der Waals surface area contributed by atoms with Gasteiger partial charge in [0.25, 0.3) is 0 Å². The molecule has 0 radical (unpaired) electrons. The first-order valence-corrected chi connectivity index (χ1v) is 10.4. The average Bonchev–Trinajstić information content (AvgIpc) is 3.19. The minimum absolute atomic E-state index is 0. The number of aliphatic imine (C=N–C) groups is 1. The van der Waals surface area contributed by atoms with Crippen molar-refractivity contribution in [1.29, 1.82) is 0 Å². The van der Waals surface area contributed by atoms with E-state index in [4.69, 9.17) is 0 Å². The van der Waals surface area contributed by atoms with Crippen molar-refractivity contribution in [2.45, 2.75) is 18.8 Å². The lowest BCUT2D eigenvalue weighted by Crippen LogP contribution is -2.36. The molecule has 0 atom stereocenters. The van der Waals surface area contributed by atoms with Gasteiger partial charge in [-0.15, -0.1) is 24.0 Å². The Bertz CT molecular complexity index is 930. The van der Waals surface area contributed by atoms with E-state index >= 15 is 0 Å². The predicted molar refractivity (Wildman–Crippen MR) is 130 cm³/mol. The van der Waals surface area contributed by atoms with Gasteiger partial charge in [0.15, 0.2) is 5.96 Å². The highest BCUT2D eigenvalue weighted by atomic mass is 127. The largest absolute Gasteiger partial charge is 0.352 e. The summed E-state index contributed by atoms with van der Waals surface area (Å²) in [5, 5.41) is 6.53. The smallest absolute Gasteiger partial charge is 0.191 e. The average molecular weight is 525 g/mol. The molecule has 0 aliphatic heterocycles. The molecule has 0 amide bonds. The van der Waals surface area contributed by atoms with E-state index in [0.717, 1.165) is 34.0 Å². The first-order chi connectivity index (χ1) is 13.7. The van der Waals surface area contributed by atoms with Crippen LogP contribution in [0.3, 0.4) is 0 Å². The normalized spacial score (nSPS) is 11.1. The van der Waals surface area contributed by atoms with Crippen LogP contribution in [0, 0.1) is 5.82 Å². The topological polar surface area (TPSA) is 65.1 Å². The Balaban J connectivity index is 0.00000300. The number of rotatable bonds is 7. The van der Waals surface area contributed by atoms with E-state index in [9.17, 15) is 4.39 Å². The maximum Gasteiger partial charge on any atom is 0.191 e. The molecule has 154 valence electrons. The molecule has 5 nitrogen and oxygen atoms in total. The van der Waals surface area contributed by atoms with Gasteiger partial charge in [-0.1, -0.05) is 36.4 Å². The van der Waals surface area contributed by atoms with E-state index < -0.39 is 0 Å². The van der Waals surface area contributed by atoms with Gasteiger partial charge in [0, 0.05) is 19.3 Å². The fraction of sp³-hybridized carbons (Fsp3) is 0.238. The molecule has 2 aromatic carbocycles. The number of nitrogens with one attached hydrogen (secondary N) is 3. The molecule has 1 heterocycles. The Morgan fingerprint density at radius 2 is 1.86 bits per heavy atom. The Kier molecular flexibility index (Phi) is 9.46. The van der Waals surface area contributed by atoms with Crippen molar-refractivity contribution < 1.29 is 4.39 Å². The first kappa shape index (κ1) is 23.2. The van der Waals surface area contributed by atoms with Gasteiger partial charge in [-0.3, -0.25) is 4.99 Å². The third kappa shape index (κ3) is 6.74. The van der Waals surface area contributed by atoms with Gasteiger partial charge >= 0.3 is 0 Å². The standard InChI is InChI=1S/C21H24FN5S.HI/c1-23-21(25-11-16-8-9-18(22)10-17(16)14-28-2)26-13-20-24-12-19(27-20)15-6-4-3-5-7-15;/h3-10,12H,11,13-14H2,1-2H3,(H,24,27)(H2,23,25,26);1H. The molecule has 0 saturated heterocycles. The molecular formula is C21H25FIN5S. The summed E-state index contributed by atoms with van der Waals surface area (Å²) in [5.41, 5.74) is 4.13. The predicted octanol–water partition coefficient (Wildman–Crippen LogP) is 4.56. The number of halogens is 2. The first-order valence-electron chi connectivity index (χ1n) is 8.99. The van der Waals surface area contributed by atoms with Crippen molar-refractivity contribution in [2.75, 3.05) is 13.3 Å². The van der Waals surface area contributed by atoms with E-state index in [1.54, 1.807) is 24.9 Å². The maximum absolute atomic E-state index is 13.5. The number of imidazole rings is 1. The minimum Gasteiger partial charge on any atom is -0.352 e. The third-order valence-corrected chi connectivity index (χ3v) is 4.87. The van der Waals surface area contributed by atoms with Crippen LogP contribution >= 0.6 is 35.7 Å². The lowest BCUT2D eigenvalue weighted by atomic mass is 10.1. The Labute approximate surface area is 192 Å². The van der Waals surface area contributed by atoms with Gasteiger partial charge in [0.05, 0.1) is 18.4 Å². The second kappa shape index (κ2) is 11.8. The molecule has 3 N–H and O–H groups in total. The van der Waals surface area contributed by atoms with Gasteiger partial charge in [-0.25, -0.2) is 9.37 Å². The number of aromatic amines is 1. The second-order valence-electron chi connectivity index (χ2n) is 6.23. The summed E-state index contributed by atoms with van der Waals surface area (Å²) in [7, 11) is 1.72. The summed E-state index contributed by atoms with van der Waals surface area (Å²) < 4.78 is 13.5. The zero-order valence-electron chi connectivity index (χ0n) is 16.4. The lowest BCUT2D eigenvalue weighted by Gasteiger charge is -2.13. The van der Waals surface area contributed by atoms with Crippen LogP contribution in [-0.2, 0) is 18.8 Å². The number of benzene rings is 2. The number of H-pyrrole nitrogens is 1. The Morgan fingerprint density at radius 3 is 2.59 bits per heavy atom. The fourth-order valence-corrected chi connectivity index (χ4v) is 3.42. The number of guanidine groups is 1. The molecule has 0 saturated carbocycles. The van der Waals surface area contributed by atoms with Crippen LogP contribution in [0.25, 0.3) is 11.3 Å². The Morgan fingerprint density at radius 1 is 1.10 bits per heavy atom. The number of thioether (sulfide) groups is 1. The van der Waals surface area contributed by atoms with Crippen LogP contribution in [0.5, 0.6) is 0 Å². The monoisotopic (exact) mass is 525 g/mol. The van der Waals surface area contributed by atoms with E-state index in [1.807, 2.05) is 48.9 Å². The van der Waals surface area contributed by atoms with Gasteiger partial charge in [-0.05, 0) is 35.1 Å². The molecule has 3 rings (SSSR count). The van der Waals surface area contributed by atoms with Crippen molar-refractivity contribution in [2.24, 2.45) is 4.99 Å². The van der Waals surface area contributed by atoms with Crippen LogP contribution in [0.2, 0.25) is 0 Å². The molecule has 0 bridgehead atoms.